The van der Waals surface area contributed by atoms with Gasteiger partial charge in [0.05, 0.1) is 4.92 Å². The van der Waals surface area contributed by atoms with Crippen molar-refractivity contribution in [2.45, 2.75) is 31.7 Å². The van der Waals surface area contributed by atoms with E-state index in [0.29, 0.717) is 11.7 Å². The molecule has 0 amide bonds. The van der Waals surface area contributed by atoms with Gasteiger partial charge in [0.1, 0.15) is 10.6 Å². The molecule has 0 saturated heterocycles. The molecule has 1 N–H and O–H groups in total. The van der Waals surface area contributed by atoms with Crippen molar-refractivity contribution in [1.29, 1.82) is 0 Å². The van der Waals surface area contributed by atoms with Gasteiger partial charge < -0.3 is 10.2 Å². The van der Waals surface area contributed by atoms with Gasteiger partial charge >= 0.3 is 5.69 Å². The Bertz CT molecular complexity index is 893. The van der Waals surface area contributed by atoms with Gasteiger partial charge in [-0.3, -0.25) is 10.1 Å². The summed E-state index contributed by atoms with van der Waals surface area (Å²) in [6, 6.07) is 12.1. The fourth-order valence-electron chi connectivity index (χ4n) is 2.85. The number of nitro groups is 1. The SMILES string of the molecule is CCN(c1ccc(Nc2cccc(S(C)(=O)=O)c2[N+](=O)[O-])cc1)C(C)C. The van der Waals surface area contributed by atoms with Crippen LogP contribution in [0, 0.1) is 10.1 Å². The van der Waals surface area contributed by atoms with E-state index in [0.717, 1.165) is 18.5 Å². The van der Waals surface area contributed by atoms with Crippen molar-refractivity contribution in [3.8, 4) is 0 Å². The van der Waals surface area contributed by atoms with Crippen LogP contribution in [0.15, 0.2) is 47.4 Å². The molecule has 0 spiro atoms. The Hall–Kier alpha value is -2.61. The number of nitro benzene ring substituents is 1. The number of sulfone groups is 1. The van der Waals surface area contributed by atoms with Gasteiger partial charge in [-0.1, -0.05) is 6.07 Å². The molecule has 140 valence electrons. The van der Waals surface area contributed by atoms with Gasteiger partial charge in [0, 0.05) is 30.2 Å². The van der Waals surface area contributed by atoms with Gasteiger partial charge in [0.15, 0.2) is 9.84 Å². The number of nitrogens with zero attached hydrogens (tertiary/aromatic N) is 2. The fraction of sp³-hybridized carbons (Fsp3) is 0.333. The molecule has 0 unspecified atom stereocenters. The van der Waals surface area contributed by atoms with Gasteiger partial charge in [-0.2, -0.15) is 0 Å². The first kappa shape index (κ1) is 19.7. The highest BCUT2D eigenvalue weighted by Crippen LogP contribution is 2.34. The molecule has 2 rings (SSSR count). The zero-order valence-electron chi connectivity index (χ0n) is 15.3. The normalized spacial score (nSPS) is 11.4. The molecule has 0 bridgehead atoms. The largest absolute Gasteiger partial charge is 0.369 e. The van der Waals surface area contributed by atoms with Crippen molar-refractivity contribution in [1.82, 2.24) is 0 Å². The van der Waals surface area contributed by atoms with Crippen LogP contribution in [0.2, 0.25) is 0 Å². The second-order valence-corrected chi connectivity index (χ2v) is 8.22. The molecule has 0 aliphatic rings. The minimum absolute atomic E-state index is 0.141. The molecule has 0 radical (unpaired) electrons. The van der Waals surface area contributed by atoms with Crippen LogP contribution in [0.3, 0.4) is 0 Å². The van der Waals surface area contributed by atoms with Crippen molar-refractivity contribution in [3.05, 3.63) is 52.6 Å². The van der Waals surface area contributed by atoms with Crippen molar-refractivity contribution >= 4 is 32.6 Å². The summed E-state index contributed by atoms with van der Waals surface area (Å²) in [5.41, 5.74) is 1.38. The molecule has 2 aromatic carbocycles. The first-order valence-electron chi connectivity index (χ1n) is 8.26. The lowest BCUT2D eigenvalue weighted by atomic mass is 10.2. The Balaban J connectivity index is 2.39. The number of rotatable bonds is 7. The van der Waals surface area contributed by atoms with E-state index < -0.39 is 20.4 Å². The predicted octanol–water partition coefficient (Wildman–Crippen LogP) is 3.98. The summed E-state index contributed by atoms with van der Waals surface area (Å²) in [6.07, 6.45) is 0.957. The number of benzene rings is 2. The molecule has 0 atom stereocenters. The predicted molar refractivity (Wildman–Crippen MR) is 104 cm³/mol. The molecule has 0 aliphatic carbocycles. The van der Waals surface area contributed by atoms with Crippen molar-refractivity contribution in [3.63, 3.8) is 0 Å². The van der Waals surface area contributed by atoms with E-state index >= 15 is 0 Å². The standard InChI is InChI=1S/C18H23N3O4S/c1-5-20(13(2)3)15-11-9-14(10-12-15)19-16-7-6-8-17(26(4,24)25)18(16)21(22)23/h6-13,19H,5H2,1-4H3. The number of nitrogens with one attached hydrogen (secondary N) is 1. The Labute approximate surface area is 153 Å². The maximum absolute atomic E-state index is 11.8. The third-order valence-corrected chi connectivity index (χ3v) is 5.15. The summed E-state index contributed by atoms with van der Waals surface area (Å²) in [4.78, 5) is 12.7. The minimum Gasteiger partial charge on any atom is -0.369 e. The number of para-hydroxylation sites is 1. The maximum Gasteiger partial charge on any atom is 0.311 e. The highest BCUT2D eigenvalue weighted by molar-refractivity contribution is 7.90. The van der Waals surface area contributed by atoms with E-state index in [4.69, 9.17) is 0 Å². The summed E-state index contributed by atoms with van der Waals surface area (Å²) < 4.78 is 23.7. The van der Waals surface area contributed by atoms with E-state index in [1.54, 1.807) is 0 Å². The van der Waals surface area contributed by atoms with Gasteiger partial charge in [0.2, 0.25) is 0 Å². The van der Waals surface area contributed by atoms with Crippen LogP contribution in [0.25, 0.3) is 0 Å². The molecule has 0 aromatic heterocycles. The van der Waals surface area contributed by atoms with Crippen LogP contribution < -0.4 is 10.2 Å². The molecule has 2 aromatic rings. The summed E-state index contributed by atoms with van der Waals surface area (Å²) >= 11 is 0. The minimum atomic E-state index is -3.71. The van der Waals surface area contributed by atoms with E-state index in [1.165, 1.54) is 18.2 Å². The Morgan fingerprint density at radius 2 is 1.77 bits per heavy atom. The van der Waals surface area contributed by atoms with Crippen LogP contribution >= 0.6 is 0 Å². The monoisotopic (exact) mass is 377 g/mol. The fourth-order valence-corrected chi connectivity index (χ4v) is 3.71. The lowest BCUT2D eigenvalue weighted by molar-refractivity contribution is -0.386. The Kier molecular flexibility index (Phi) is 5.86. The topological polar surface area (TPSA) is 92.6 Å². The summed E-state index contributed by atoms with van der Waals surface area (Å²) in [6.45, 7) is 7.16. The van der Waals surface area contributed by atoms with Crippen LogP contribution in [0.4, 0.5) is 22.7 Å². The first-order chi connectivity index (χ1) is 12.1. The molecule has 0 heterocycles. The summed E-state index contributed by atoms with van der Waals surface area (Å²) in [7, 11) is -3.71. The summed E-state index contributed by atoms with van der Waals surface area (Å²) in [5, 5.41) is 14.4. The number of hydrogen-bond acceptors (Lipinski definition) is 6. The van der Waals surface area contributed by atoms with Crippen molar-refractivity contribution < 1.29 is 13.3 Å². The third kappa shape index (κ3) is 4.32. The van der Waals surface area contributed by atoms with Crippen molar-refractivity contribution in [2.75, 3.05) is 23.0 Å². The summed E-state index contributed by atoms with van der Waals surface area (Å²) in [5.74, 6) is 0. The maximum atomic E-state index is 11.8. The van der Waals surface area contributed by atoms with Crippen LogP contribution in [0.5, 0.6) is 0 Å². The van der Waals surface area contributed by atoms with E-state index in [2.05, 4.69) is 31.0 Å². The molecular formula is C18H23N3O4S. The highest BCUT2D eigenvalue weighted by atomic mass is 32.2. The average Bonchev–Trinajstić information content (AvgIpc) is 2.55. The van der Waals surface area contributed by atoms with Gasteiger partial charge in [-0.15, -0.1) is 0 Å². The molecule has 26 heavy (non-hydrogen) atoms. The quantitative estimate of drug-likeness (QED) is 0.580. The van der Waals surface area contributed by atoms with E-state index in [1.807, 2.05) is 24.3 Å². The van der Waals surface area contributed by atoms with Gasteiger partial charge in [-0.25, -0.2) is 8.42 Å². The Morgan fingerprint density at radius 3 is 2.23 bits per heavy atom. The second-order valence-electron chi connectivity index (χ2n) is 6.23. The molecule has 8 heteroatoms. The zero-order valence-corrected chi connectivity index (χ0v) is 16.1. The molecule has 0 fully saturated rings. The number of anilines is 3. The van der Waals surface area contributed by atoms with Gasteiger partial charge in [-0.05, 0) is 57.2 Å². The molecule has 0 saturated carbocycles. The Morgan fingerprint density at radius 1 is 1.15 bits per heavy atom. The zero-order chi connectivity index (χ0) is 19.5. The van der Waals surface area contributed by atoms with E-state index in [-0.39, 0.29) is 10.6 Å². The second kappa shape index (κ2) is 7.74. The lowest BCUT2D eigenvalue weighted by Gasteiger charge is -2.27. The average molecular weight is 377 g/mol. The molecular weight excluding hydrogens is 354 g/mol. The molecule has 0 aliphatic heterocycles. The highest BCUT2D eigenvalue weighted by Gasteiger charge is 2.26. The third-order valence-electron chi connectivity index (χ3n) is 4.02. The smallest absolute Gasteiger partial charge is 0.311 e. The molecule has 7 nitrogen and oxygen atoms in total. The van der Waals surface area contributed by atoms with Gasteiger partial charge in [0.25, 0.3) is 0 Å². The number of hydrogen-bond donors (Lipinski definition) is 1. The van der Waals surface area contributed by atoms with Crippen LogP contribution in [-0.2, 0) is 9.84 Å². The van der Waals surface area contributed by atoms with E-state index in [9.17, 15) is 18.5 Å². The van der Waals surface area contributed by atoms with Crippen LogP contribution in [0.1, 0.15) is 20.8 Å². The lowest BCUT2D eigenvalue weighted by Crippen LogP contribution is -2.30. The van der Waals surface area contributed by atoms with Crippen LogP contribution in [-0.4, -0.2) is 32.2 Å². The van der Waals surface area contributed by atoms with Crippen molar-refractivity contribution in [2.24, 2.45) is 0 Å². The first-order valence-corrected chi connectivity index (χ1v) is 10.2.